The lowest BCUT2D eigenvalue weighted by Crippen LogP contribution is -2.55. The summed E-state index contributed by atoms with van der Waals surface area (Å²) in [7, 11) is 0. The summed E-state index contributed by atoms with van der Waals surface area (Å²) in [6, 6.07) is 20.0. The molecule has 52 heavy (non-hydrogen) atoms. The summed E-state index contributed by atoms with van der Waals surface area (Å²) in [6.07, 6.45) is 5.86. The number of aliphatic hydroxyl groups is 1. The fraction of sp³-hybridized carbons (Fsp3) is 0.366. The minimum Gasteiger partial charge on any atom is -0.478 e. The van der Waals surface area contributed by atoms with Gasteiger partial charge in [-0.2, -0.15) is 0 Å². The smallest absolute Gasteiger partial charge is 0.328 e. The highest BCUT2D eigenvalue weighted by Gasteiger charge is 2.50. The van der Waals surface area contributed by atoms with Gasteiger partial charge in [0.05, 0.1) is 12.5 Å². The van der Waals surface area contributed by atoms with Crippen LogP contribution in [0.2, 0.25) is 0 Å². The number of halogens is 2. The molecule has 2 aliphatic heterocycles. The lowest BCUT2D eigenvalue weighted by atomic mass is 9.66. The molecule has 276 valence electrons. The number of nitrogens with one attached hydrogen (secondary N) is 1. The Balaban J connectivity index is 0.000000174. The number of likely N-dealkylation sites (tertiary alicyclic amines) is 1. The molecule has 0 amide bonds. The zero-order valence-corrected chi connectivity index (χ0v) is 29.9. The zero-order valence-electron chi connectivity index (χ0n) is 29.9. The lowest BCUT2D eigenvalue weighted by molar-refractivity contribution is -0.134. The van der Waals surface area contributed by atoms with Gasteiger partial charge in [-0.1, -0.05) is 58.0 Å². The summed E-state index contributed by atoms with van der Waals surface area (Å²) >= 11 is 0. The van der Waals surface area contributed by atoms with Crippen molar-refractivity contribution < 1.29 is 42.5 Å². The van der Waals surface area contributed by atoms with Crippen molar-refractivity contribution in [2.45, 2.75) is 58.6 Å². The van der Waals surface area contributed by atoms with E-state index < -0.39 is 23.0 Å². The zero-order chi connectivity index (χ0) is 37.7. The third-order valence-corrected chi connectivity index (χ3v) is 10.2. The minimum atomic E-state index is -1.26. The number of carboxylic acid groups (broad SMARTS) is 2. The van der Waals surface area contributed by atoms with Crippen LogP contribution in [0.3, 0.4) is 0 Å². The van der Waals surface area contributed by atoms with E-state index in [0.29, 0.717) is 41.0 Å². The van der Waals surface area contributed by atoms with E-state index in [-0.39, 0.29) is 17.0 Å². The van der Waals surface area contributed by atoms with Crippen molar-refractivity contribution in [2.24, 2.45) is 10.8 Å². The second kappa shape index (κ2) is 15.8. The Morgan fingerprint density at radius 2 is 1.48 bits per heavy atom. The highest BCUT2D eigenvalue weighted by molar-refractivity contribution is 5.89. The average Bonchev–Trinajstić information content (AvgIpc) is 3.75. The summed E-state index contributed by atoms with van der Waals surface area (Å²) < 4.78 is 39.0. The number of aliphatic carboxylic acids is 2. The predicted octanol–water partition coefficient (Wildman–Crippen LogP) is 8.08. The van der Waals surface area contributed by atoms with Crippen LogP contribution < -0.4 is 5.32 Å². The normalized spacial score (nSPS) is 21.2. The van der Waals surface area contributed by atoms with Gasteiger partial charge in [-0.25, -0.2) is 18.4 Å². The van der Waals surface area contributed by atoms with Gasteiger partial charge in [0, 0.05) is 65.6 Å². The SMILES string of the molecule is CC1(C)CN(Cc2ccccc2)CCC1(O)c1cc(F)cc2ccoc12.CC1(C)CNCCC1c1cc(F)cc2ccoc12.O=C(O)C=CC(=O)O. The van der Waals surface area contributed by atoms with Gasteiger partial charge >= 0.3 is 11.9 Å². The molecule has 9 nitrogen and oxygen atoms in total. The highest BCUT2D eigenvalue weighted by atomic mass is 19.1. The second-order valence-corrected chi connectivity index (χ2v) is 14.8. The Labute approximate surface area is 301 Å². The standard InChI is InChI=1S/C22H24FNO2.C15H18FNO.C4H4O4/c1-21(2)15-24(14-16-6-4-3-5-7-16)10-9-22(21,25)19-13-18(23)12-17-8-11-26-20(17)19;1-15(2)9-17-5-3-13(15)12-8-11(16)7-10-4-6-18-14(10)12;5-3(6)1-2-4(7)8/h3-8,11-13,25H,9-10,14-15H2,1-2H3;4,6-8,13,17H,3,5,9H2,1-2H3;1-2H,(H,5,6)(H,7,8). The molecule has 5 aromatic rings. The van der Waals surface area contributed by atoms with Crippen LogP contribution in [0.15, 0.2) is 100 Å². The van der Waals surface area contributed by atoms with Gasteiger partial charge in [-0.15, -0.1) is 0 Å². The summed E-state index contributed by atoms with van der Waals surface area (Å²) in [5.41, 5.74) is 2.78. The first-order valence-corrected chi connectivity index (χ1v) is 17.3. The van der Waals surface area contributed by atoms with E-state index in [2.05, 4.69) is 36.2 Å². The molecule has 0 radical (unpaired) electrons. The monoisotopic (exact) mass is 716 g/mol. The molecule has 2 saturated heterocycles. The van der Waals surface area contributed by atoms with E-state index in [1.165, 1.54) is 23.8 Å². The number of nitrogens with zero attached hydrogens (tertiary/aromatic N) is 1. The Kier molecular flexibility index (Phi) is 11.7. The number of fused-ring (bicyclic) bond motifs is 2. The fourth-order valence-corrected chi connectivity index (χ4v) is 7.48. The number of carbonyl (C=O) groups is 2. The second-order valence-electron chi connectivity index (χ2n) is 14.8. The summed E-state index contributed by atoms with van der Waals surface area (Å²) in [5.74, 6) is -2.69. The number of rotatable bonds is 6. The number of piperidine rings is 2. The Morgan fingerprint density at radius 1 is 0.885 bits per heavy atom. The van der Waals surface area contributed by atoms with Crippen molar-refractivity contribution in [3.05, 3.63) is 120 Å². The molecule has 2 atom stereocenters. The molecule has 0 spiro atoms. The number of carboxylic acids is 2. The van der Waals surface area contributed by atoms with E-state index in [1.807, 2.05) is 38.1 Å². The summed E-state index contributed by atoms with van der Waals surface area (Å²) in [4.78, 5) is 21.5. The number of hydrogen-bond acceptors (Lipinski definition) is 7. The fourth-order valence-electron chi connectivity index (χ4n) is 7.48. The van der Waals surface area contributed by atoms with E-state index >= 15 is 0 Å². The molecule has 7 rings (SSSR count). The lowest BCUT2D eigenvalue weighted by Gasteiger charge is -2.50. The first-order valence-electron chi connectivity index (χ1n) is 17.3. The molecular formula is C41H46F2N2O7. The number of furan rings is 2. The third kappa shape index (κ3) is 8.78. The molecule has 0 aliphatic carbocycles. The van der Waals surface area contributed by atoms with Crippen LogP contribution in [0.5, 0.6) is 0 Å². The number of benzene rings is 3. The van der Waals surface area contributed by atoms with Gasteiger partial charge in [0.25, 0.3) is 0 Å². The summed E-state index contributed by atoms with van der Waals surface area (Å²) in [5, 5.41) is 32.2. The molecular weight excluding hydrogens is 670 g/mol. The molecule has 4 N–H and O–H groups in total. The molecule has 2 unspecified atom stereocenters. The van der Waals surface area contributed by atoms with Gasteiger partial charge in [-0.3, -0.25) is 4.90 Å². The maximum absolute atomic E-state index is 14.2. The van der Waals surface area contributed by atoms with Crippen molar-refractivity contribution in [3.63, 3.8) is 0 Å². The van der Waals surface area contributed by atoms with Crippen LogP contribution in [0.25, 0.3) is 21.9 Å². The largest absolute Gasteiger partial charge is 0.478 e. The molecule has 0 bridgehead atoms. The molecule has 3 aromatic carbocycles. The maximum atomic E-state index is 14.2. The van der Waals surface area contributed by atoms with Gasteiger partial charge in [0.2, 0.25) is 0 Å². The summed E-state index contributed by atoms with van der Waals surface area (Å²) in [6.45, 7) is 12.8. The molecule has 2 aliphatic rings. The quantitative estimate of drug-likeness (QED) is 0.129. The van der Waals surface area contributed by atoms with Gasteiger partial charge in [0.1, 0.15) is 28.4 Å². The predicted molar refractivity (Wildman–Crippen MR) is 195 cm³/mol. The third-order valence-electron chi connectivity index (χ3n) is 10.2. The van der Waals surface area contributed by atoms with Crippen LogP contribution in [0.4, 0.5) is 8.78 Å². The van der Waals surface area contributed by atoms with Crippen LogP contribution in [-0.4, -0.2) is 58.3 Å². The maximum Gasteiger partial charge on any atom is 0.328 e. The average molecular weight is 717 g/mol. The van der Waals surface area contributed by atoms with Crippen molar-refractivity contribution in [3.8, 4) is 0 Å². The molecule has 4 heterocycles. The Bertz CT molecular complexity index is 2020. The van der Waals surface area contributed by atoms with Crippen LogP contribution in [0.1, 0.15) is 63.1 Å². The molecule has 2 fully saturated rings. The van der Waals surface area contributed by atoms with Crippen LogP contribution in [0, 0.1) is 22.5 Å². The van der Waals surface area contributed by atoms with Crippen molar-refractivity contribution in [1.82, 2.24) is 10.2 Å². The van der Waals surface area contributed by atoms with E-state index in [1.54, 1.807) is 24.7 Å². The highest BCUT2D eigenvalue weighted by Crippen LogP contribution is 2.48. The van der Waals surface area contributed by atoms with Crippen molar-refractivity contribution in [2.75, 3.05) is 26.2 Å². The van der Waals surface area contributed by atoms with Crippen molar-refractivity contribution >= 4 is 33.9 Å². The van der Waals surface area contributed by atoms with E-state index in [4.69, 9.17) is 19.0 Å². The van der Waals surface area contributed by atoms with Gasteiger partial charge in [-0.05, 0) is 72.7 Å². The van der Waals surface area contributed by atoms with E-state index in [0.717, 1.165) is 55.7 Å². The van der Waals surface area contributed by atoms with Crippen LogP contribution in [-0.2, 0) is 21.7 Å². The van der Waals surface area contributed by atoms with E-state index in [9.17, 15) is 23.5 Å². The topological polar surface area (TPSA) is 136 Å². The molecule has 2 aromatic heterocycles. The minimum absolute atomic E-state index is 0.117. The van der Waals surface area contributed by atoms with Crippen molar-refractivity contribution in [1.29, 1.82) is 0 Å². The first-order chi connectivity index (χ1) is 24.6. The number of hydrogen-bond donors (Lipinski definition) is 4. The van der Waals surface area contributed by atoms with Gasteiger partial charge in [0.15, 0.2) is 0 Å². The molecule has 0 saturated carbocycles. The Hall–Kier alpha value is -4.84. The first kappa shape index (κ1) is 38.4. The van der Waals surface area contributed by atoms with Gasteiger partial charge < -0.3 is 29.5 Å². The molecule has 11 heteroatoms. The van der Waals surface area contributed by atoms with Crippen LogP contribution >= 0.6 is 0 Å². The Morgan fingerprint density at radius 3 is 2.08 bits per heavy atom.